The molecular weight excluding hydrogens is 777 g/mol. The molecule has 2 aliphatic heterocycles. The Bertz CT molecular complexity index is 2170. The number of methoxy groups -OCH3 is 2. The van der Waals surface area contributed by atoms with Crippen LogP contribution in [0.1, 0.15) is 11.1 Å². The molecule has 2 unspecified atom stereocenters. The number of imide groups is 2. The maximum Gasteiger partial charge on any atom is 0.321 e. The highest BCUT2D eigenvalue weighted by atomic mass is 32.2. The monoisotopic (exact) mass is 816 g/mol. The predicted octanol–water partition coefficient (Wildman–Crippen LogP) is 3.67. The highest BCUT2D eigenvalue weighted by Gasteiger charge is 2.32. The summed E-state index contributed by atoms with van der Waals surface area (Å²) in [5.74, 6) is 2.85. The van der Waals surface area contributed by atoms with Crippen LogP contribution in [0.2, 0.25) is 0 Å². The number of hydrogen-bond acceptors (Lipinski definition) is 17. The number of aromatic nitrogens is 6. The third-order valence-electron chi connectivity index (χ3n) is 8.63. The van der Waals surface area contributed by atoms with Crippen LogP contribution in [0.25, 0.3) is 11.2 Å². The van der Waals surface area contributed by atoms with Crippen LogP contribution >= 0.6 is 23.5 Å². The molecule has 4 amide bonds. The largest absolute Gasteiger partial charge is 0.492 e. The van der Waals surface area contributed by atoms with Crippen LogP contribution in [-0.4, -0.2) is 117 Å². The fourth-order valence-corrected chi connectivity index (χ4v) is 7.29. The third kappa shape index (κ3) is 11.0. The number of anilines is 2. The molecule has 7 rings (SSSR count). The third-order valence-corrected chi connectivity index (χ3v) is 10.6. The maximum atomic E-state index is 11.7. The van der Waals surface area contributed by atoms with E-state index in [0.29, 0.717) is 56.5 Å². The number of nitrogens with one attached hydrogen (secondary N) is 3. The van der Waals surface area contributed by atoms with Gasteiger partial charge >= 0.3 is 6.01 Å². The minimum atomic E-state index is -0.371. The molecule has 0 bridgehead atoms. The van der Waals surface area contributed by atoms with Crippen molar-refractivity contribution < 1.29 is 38.1 Å². The first-order valence-corrected chi connectivity index (χ1v) is 19.3. The molecule has 0 radical (unpaired) electrons. The second-order valence-electron chi connectivity index (χ2n) is 12.6. The van der Waals surface area contributed by atoms with Crippen molar-refractivity contribution in [1.29, 1.82) is 0 Å². The molecule has 0 spiro atoms. The molecule has 5 heterocycles. The SMILES string of the molecule is CN(CCOc1ccc(CC2SC(=O)NC2=O)cc1)c1ncnc2nc[nH]c12.COc1cc(N(C)CCOc2ccc(CC3SC(=O)NC3=O)cc2)nc(OC)n1. The Labute approximate surface area is 335 Å². The molecule has 2 atom stereocenters. The quantitative estimate of drug-likeness (QED) is 0.130. The van der Waals surface area contributed by atoms with Crippen molar-refractivity contribution in [3.63, 3.8) is 0 Å². The molecule has 57 heavy (non-hydrogen) atoms. The van der Waals surface area contributed by atoms with E-state index in [1.54, 1.807) is 12.4 Å². The predicted molar refractivity (Wildman–Crippen MR) is 214 cm³/mol. The first kappa shape index (κ1) is 40.5. The number of nitrogens with zero attached hydrogens (tertiary/aromatic N) is 7. The number of thioether (sulfide) groups is 2. The Balaban J connectivity index is 0.000000193. The molecule has 0 saturated carbocycles. The van der Waals surface area contributed by atoms with Gasteiger partial charge in [-0.05, 0) is 48.2 Å². The number of carbonyl (C=O) groups is 4. The van der Waals surface area contributed by atoms with Gasteiger partial charge < -0.3 is 33.7 Å². The summed E-state index contributed by atoms with van der Waals surface area (Å²) in [6.07, 6.45) is 4.10. The zero-order chi connectivity index (χ0) is 40.3. The molecule has 2 aliphatic rings. The van der Waals surface area contributed by atoms with Crippen LogP contribution in [0.15, 0.2) is 67.3 Å². The molecular formula is C37H40N10O8S2. The lowest BCUT2D eigenvalue weighted by Gasteiger charge is -2.19. The number of rotatable bonds is 16. The lowest BCUT2D eigenvalue weighted by Crippen LogP contribution is -2.25. The number of carbonyl (C=O) groups excluding carboxylic acids is 4. The number of aromatic amines is 1. The average molecular weight is 817 g/mol. The zero-order valence-electron chi connectivity index (χ0n) is 31.5. The number of benzene rings is 2. The van der Waals surface area contributed by atoms with E-state index in [1.807, 2.05) is 72.4 Å². The second kappa shape index (κ2) is 19.1. The number of H-pyrrole nitrogens is 1. The van der Waals surface area contributed by atoms with Crippen molar-refractivity contribution in [2.45, 2.75) is 23.3 Å². The normalized spacial score (nSPS) is 16.1. The van der Waals surface area contributed by atoms with Crippen LogP contribution in [0.4, 0.5) is 21.2 Å². The summed E-state index contributed by atoms with van der Waals surface area (Å²) in [4.78, 5) is 73.6. The molecule has 5 aromatic rings. The topological polar surface area (TPSA) is 216 Å². The zero-order valence-corrected chi connectivity index (χ0v) is 33.1. The van der Waals surface area contributed by atoms with Gasteiger partial charge in [-0.15, -0.1) is 0 Å². The van der Waals surface area contributed by atoms with E-state index in [1.165, 1.54) is 20.5 Å². The Morgan fingerprint density at radius 2 is 1.26 bits per heavy atom. The Morgan fingerprint density at radius 3 is 1.77 bits per heavy atom. The molecule has 0 aliphatic carbocycles. The standard InChI is InChI=1S/C19H22N4O5S.C18H18N6O3S/c1-23(15-11-16(26-2)21-18(20-15)27-3)8-9-28-13-6-4-12(5-7-13)10-14-17(24)22-19(25)29-14;1-24(16-14-15(20-9-19-14)21-10-22-16)6-7-27-12-4-2-11(3-5-12)8-13-17(25)23-18(26)28-13/h4-7,11,14H,8-10H2,1-3H3,(H,22,24,25);2-5,9-10,13H,6-8H2,1H3,(H,23,25,26)(H,19,20,21,22). The van der Waals surface area contributed by atoms with E-state index in [4.69, 9.17) is 18.9 Å². The molecule has 3 aromatic heterocycles. The van der Waals surface area contributed by atoms with Crippen molar-refractivity contribution in [2.75, 3.05) is 64.4 Å². The summed E-state index contributed by atoms with van der Waals surface area (Å²) in [6.45, 7) is 2.14. The summed E-state index contributed by atoms with van der Waals surface area (Å²) in [5.41, 5.74) is 3.37. The first-order chi connectivity index (χ1) is 27.6. The van der Waals surface area contributed by atoms with Crippen LogP contribution in [0.5, 0.6) is 23.4 Å². The van der Waals surface area contributed by atoms with Crippen molar-refractivity contribution in [3.8, 4) is 23.4 Å². The van der Waals surface area contributed by atoms with Gasteiger partial charge in [0.05, 0.1) is 44.1 Å². The van der Waals surface area contributed by atoms with Crippen LogP contribution < -0.4 is 39.4 Å². The van der Waals surface area contributed by atoms with Gasteiger partial charge in [-0.25, -0.2) is 15.0 Å². The van der Waals surface area contributed by atoms with Gasteiger partial charge in [-0.2, -0.15) is 9.97 Å². The van der Waals surface area contributed by atoms with Gasteiger partial charge in [0.15, 0.2) is 11.5 Å². The number of hydrogen-bond donors (Lipinski definition) is 3. The molecule has 3 N–H and O–H groups in total. The maximum absolute atomic E-state index is 11.7. The van der Waals surface area contributed by atoms with Gasteiger partial charge in [0.2, 0.25) is 17.7 Å². The molecule has 20 heteroatoms. The van der Waals surface area contributed by atoms with Gasteiger partial charge in [0, 0.05) is 20.2 Å². The fraction of sp³-hybridized carbons (Fsp3) is 0.324. The van der Waals surface area contributed by atoms with Gasteiger partial charge in [-0.1, -0.05) is 47.8 Å². The minimum absolute atomic E-state index is 0.227. The highest BCUT2D eigenvalue weighted by molar-refractivity contribution is 8.15. The minimum Gasteiger partial charge on any atom is -0.492 e. The highest BCUT2D eigenvalue weighted by Crippen LogP contribution is 2.26. The van der Waals surface area contributed by atoms with E-state index < -0.39 is 0 Å². The number of fused-ring (bicyclic) bond motifs is 1. The Kier molecular flexibility index (Phi) is 13.6. The molecule has 2 saturated heterocycles. The number of likely N-dealkylation sites (N-methyl/N-ethyl adjacent to an activating group) is 2. The summed E-state index contributed by atoms with van der Waals surface area (Å²) in [5, 5.41) is 3.29. The summed E-state index contributed by atoms with van der Waals surface area (Å²) in [6, 6.07) is 17.0. The lowest BCUT2D eigenvalue weighted by molar-refractivity contribution is -0.119. The Hall–Kier alpha value is -6.15. The summed E-state index contributed by atoms with van der Waals surface area (Å²) < 4.78 is 21.8. The fourth-order valence-electron chi connectivity index (χ4n) is 5.57. The van der Waals surface area contributed by atoms with Crippen molar-refractivity contribution in [2.24, 2.45) is 0 Å². The smallest absolute Gasteiger partial charge is 0.321 e. The van der Waals surface area contributed by atoms with E-state index in [0.717, 1.165) is 57.5 Å². The molecule has 2 fully saturated rings. The molecule has 2 aromatic carbocycles. The van der Waals surface area contributed by atoms with Crippen LogP contribution in [0, 0.1) is 0 Å². The van der Waals surface area contributed by atoms with Crippen molar-refractivity contribution in [1.82, 2.24) is 40.5 Å². The van der Waals surface area contributed by atoms with E-state index in [-0.39, 0.29) is 38.8 Å². The van der Waals surface area contributed by atoms with E-state index >= 15 is 0 Å². The Morgan fingerprint density at radius 1 is 0.702 bits per heavy atom. The van der Waals surface area contributed by atoms with Crippen LogP contribution in [-0.2, 0) is 22.4 Å². The van der Waals surface area contributed by atoms with E-state index in [2.05, 4.69) is 40.5 Å². The van der Waals surface area contributed by atoms with Crippen molar-refractivity contribution in [3.05, 3.63) is 78.4 Å². The first-order valence-electron chi connectivity index (χ1n) is 17.6. The van der Waals surface area contributed by atoms with E-state index in [9.17, 15) is 19.2 Å². The number of imidazole rings is 1. The van der Waals surface area contributed by atoms with Gasteiger partial charge in [-0.3, -0.25) is 29.8 Å². The summed E-state index contributed by atoms with van der Waals surface area (Å²) >= 11 is 2.06. The molecule has 298 valence electrons. The van der Waals surface area contributed by atoms with Crippen molar-refractivity contribution >= 4 is 68.6 Å². The van der Waals surface area contributed by atoms with Gasteiger partial charge in [0.1, 0.15) is 42.4 Å². The lowest BCUT2D eigenvalue weighted by atomic mass is 10.1. The number of ether oxygens (including phenoxy) is 4. The number of amides is 4. The summed E-state index contributed by atoms with van der Waals surface area (Å²) in [7, 11) is 6.86. The van der Waals surface area contributed by atoms with Crippen LogP contribution in [0.3, 0.4) is 0 Å². The average Bonchev–Trinajstić information content (AvgIpc) is 3.92. The molecule has 18 nitrogen and oxygen atoms in total. The van der Waals surface area contributed by atoms with Gasteiger partial charge in [0.25, 0.3) is 10.5 Å². The second-order valence-corrected chi connectivity index (χ2v) is 14.9.